The Hall–Kier alpha value is -2.32. The molecule has 0 fully saturated rings. The lowest BCUT2D eigenvalue weighted by atomic mass is 9.95. The molecule has 22 heavy (non-hydrogen) atoms. The monoisotopic (exact) mass is 310 g/mol. The van der Waals surface area contributed by atoms with E-state index in [1.807, 2.05) is 18.2 Å². The van der Waals surface area contributed by atoms with Crippen LogP contribution in [0.15, 0.2) is 49.0 Å². The van der Waals surface area contributed by atoms with E-state index in [2.05, 4.69) is 30.8 Å². The van der Waals surface area contributed by atoms with Crippen molar-refractivity contribution >= 4 is 45.2 Å². The second-order valence-electron chi connectivity index (χ2n) is 5.12. The SMILES string of the molecule is C=Cc1cc(OC(C)=O)c(CCl)c2cc3ccccc3cc12. The zero-order valence-corrected chi connectivity index (χ0v) is 13.0. The van der Waals surface area contributed by atoms with Gasteiger partial charge in [0.1, 0.15) is 5.75 Å². The number of rotatable bonds is 3. The Labute approximate surface area is 134 Å². The van der Waals surface area contributed by atoms with Crippen LogP contribution in [0.4, 0.5) is 0 Å². The normalized spacial score (nSPS) is 10.8. The zero-order valence-electron chi connectivity index (χ0n) is 12.2. The molecule has 0 radical (unpaired) electrons. The molecule has 2 nitrogen and oxygen atoms in total. The van der Waals surface area contributed by atoms with Crippen molar-refractivity contribution in [1.29, 1.82) is 0 Å². The fraction of sp³-hybridized carbons (Fsp3) is 0.105. The summed E-state index contributed by atoms with van der Waals surface area (Å²) in [6.07, 6.45) is 1.77. The fourth-order valence-electron chi connectivity index (χ4n) is 2.72. The van der Waals surface area contributed by atoms with E-state index in [1.165, 1.54) is 6.92 Å². The van der Waals surface area contributed by atoms with Crippen LogP contribution >= 0.6 is 11.6 Å². The molecule has 0 bridgehead atoms. The van der Waals surface area contributed by atoms with Crippen molar-refractivity contribution in [3.8, 4) is 5.75 Å². The van der Waals surface area contributed by atoms with Crippen LogP contribution in [-0.2, 0) is 10.7 Å². The van der Waals surface area contributed by atoms with Crippen molar-refractivity contribution in [2.24, 2.45) is 0 Å². The minimum Gasteiger partial charge on any atom is -0.426 e. The summed E-state index contributed by atoms with van der Waals surface area (Å²) in [6.45, 7) is 5.25. The number of hydrogen-bond acceptors (Lipinski definition) is 2. The number of halogens is 1. The molecule has 0 amide bonds. The van der Waals surface area contributed by atoms with Crippen LogP contribution < -0.4 is 4.74 Å². The third-order valence-corrected chi connectivity index (χ3v) is 3.98. The van der Waals surface area contributed by atoms with Crippen LogP contribution in [-0.4, -0.2) is 5.97 Å². The second-order valence-corrected chi connectivity index (χ2v) is 5.39. The molecule has 0 saturated heterocycles. The predicted octanol–water partition coefficient (Wildman–Crippen LogP) is 5.30. The first kappa shape index (κ1) is 14.6. The lowest BCUT2D eigenvalue weighted by Gasteiger charge is -2.14. The number of carbonyl (C=O) groups is 1. The molecule has 3 aromatic rings. The first-order valence-electron chi connectivity index (χ1n) is 6.99. The molecule has 110 valence electrons. The van der Waals surface area contributed by atoms with Crippen LogP contribution in [0.1, 0.15) is 18.1 Å². The summed E-state index contributed by atoms with van der Waals surface area (Å²) in [7, 11) is 0. The summed E-state index contributed by atoms with van der Waals surface area (Å²) in [6, 6.07) is 14.2. The van der Waals surface area contributed by atoms with Crippen LogP contribution in [0.5, 0.6) is 5.75 Å². The third kappa shape index (κ3) is 2.46. The van der Waals surface area contributed by atoms with Gasteiger partial charge in [-0.15, -0.1) is 11.6 Å². The van der Waals surface area contributed by atoms with Gasteiger partial charge in [0.25, 0.3) is 0 Å². The zero-order chi connectivity index (χ0) is 15.7. The Kier molecular flexibility index (Phi) is 3.86. The van der Waals surface area contributed by atoms with Crippen molar-refractivity contribution < 1.29 is 9.53 Å². The number of hydrogen-bond donors (Lipinski definition) is 0. The van der Waals surface area contributed by atoms with Gasteiger partial charge in [0, 0.05) is 12.5 Å². The van der Waals surface area contributed by atoms with Gasteiger partial charge >= 0.3 is 5.97 Å². The molecule has 0 aromatic heterocycles. The number of fused-ring (bicyclic) bond motifs is 2. The van der Waals surface area contributed by atoms with Gasteiger partial charge in [-0.25, -0.2) is 0 Å². The highest BCUT2D eigenvalue weighted by Crippen LogP contribution is 2.35. The number of benzene rings is 3. The maximum atomic E-state index is 11.3. The van der Waals surface area contributed by atoms with Crippen molar-refractivity contribution in [3.63, 3.8) is 0 Å². The van der Waals surface area contributed by atoms with E-state index in [4.69, 9.17) is 16.3 Å². The average Bonchev–Trinajstić information content (AvgIpc) is 2.51. The molecular formula is C19H15ClO2. The van der Waals surface area contributed by atoms with Crippen LogP contribution in [0, 0.1) is 0 Å². The Morgan fingerprint density at radius 2 is 1.82 bits per heavy atom. The molecule has 3 heteroatoms. The Balaban J connectivity index is 2.43. The minimum absolute atomic E-state index is 0.273. The van der Waals surface area contributed by atoms with Crippen LogP contribution in [0.25, 0.3) is 27.6 Å². The van der Waals surface area contributed by atoms with Crippen molar-refractivity contribution in [2.45, 2.75) is 12.8 Å². The molecule has 0 N–H and O–H groups in total. The Morgan fingerprint density at radius 3 is 2.36 bits per heavy atom. The molecule has 0 saturated carbocycles. The maximum absolute atomic E-state index is 11.3. The van der Waals surface area contributed by atoms with E-state index < -0.39 is 0 Å². The standard InChI is InChI=1S/C19H15ClO2/c1-3-13-10-19(22-12(2)21)18(11-20)17-9-15-7-5-4-6-14(15)8-16(13)17/h3-10H,1,11H2,2H3. The van der Waals surface area contributed by atoms with Crippen LogP contribution in [0.3, 0.4) is 0 Å². The van der Waals surface area contributed by atoms with E-state index in [0.29, 0.717) is 5.75 Å². The molecule has 0 aliphatic heterocycles. The lowest BCUT2D eigenvalue weighted by Crippen LogP contribution is -2.04. The minimum atomic E-state index is -0.360. The molecule has 3 rings (SSSR count). The van der Waals surface area contributed by atoms with Gasteiger partial charge < -0.3 is 4.74 Å². The topological polar surface area (TPSA) is 26.3 Å². The van der Waals surface area contributed by atoms with Gasteiger partial charge in [0.05, 0.1) is 5.88 Å². The molecule has 0 unspecified atom stereocenters. The number of ether oxygens (including phenoxy) is 1. The van der Waals surface area contributed by atoms with Gasteiger partial charge in [-0.1, -0.05) is 36.9 Å². The summed E-state index contributed by atoms with van der Waals surface area (Å²) < 4.78 is 5.33. The third-order valence-electron chi connectivity index (χ3n) is 3.71. The number of alkyl halides is 1. The maximum Gasteiger partial charge on any atom is 0.308 e. The van der Waals surface area contributed by atoms with Crippen LogP contribution in [0.2, 0.25) is 0 Å². The highest BCUT2D eigenvalue weighted by Gasteiger charge is 2.14. The fourth-order valence-corrected chi connectivity index (χ4v) is 3.00. The highest BCUT2D eigenvalue weighted by molar-refractivity contribution is 6.19. The summed E-state index contributed by atoms with van der Waals surface area (Å²) in [5.41, 5.74) is 1.74. The molecular weight excluding hydrogens is 296 g/mol. The van der Waals surface area contributed by atoms with Gasteiger partial charge in [-0.05, 0) is 45.3 Å². The molecule has 0 aliphatic carbocycles. The first-order valence-corrected chi connectivity index (χ1v) is 7.52. The average molecular weight is 311 g/mol. The van der Waals surface area contributed by atoms with E-state index >= 15 is 0 Å². The van der Waals surface area contributed by atoms with Gasteiger partial charge in [-0.2, -0.15) is 0 Å². The first-order chi connectivity index (χ1) is 10.6. The van der Waals surface area contributed by atoms with Gasteiger partial charge in [0.2, 0.25) is 0 Å². The summed E-state index contributed by atoms with van der Waals surface area (Å²) in [4.78, 5) is 11.3. The molecule has 0 spiro atoms. The molecule has 0 aliphatic rings. The van der Waals surface area contributed by atoms with E-state index in [0.717, 1.165) is 32.7 Å². The smallest absolute Gasteiger partial charge is 0.308 e. The predicted molar refractivity (Wildman–Crippen MR) is 92.4 cm³/mol. The quantitative estimate of drug-likeness (QED) is 0.284. The molecule has 0 atom stereocenters. The van der Waals surface area contributed by atoms with Crippen molar-refractivity contribution in [2.75, 3.05) is 0 Å². The van der Waals surface area contributed by atoms with E-state index in [1.54, 1.807) is 6.08 Å². The van der Waals surface area contributed by atoms with Crippen molar-refractivity contribution in [1.82, 2.24) is 0 Å². The summed E-state index contributed by atoms with van der Waals surface area (Å²) in [5.74, 6) is 0.413. The molecule has 3 aromatic carbocycles. The van der Waals surface area contributed by atoms with Gasteiger partial charge in [0.15, 0.2) is 0 Å². The van der Waals surface area contributed by atoms with Gasteiger partial charge in [-0.3, -0.25) is 4.79 Å². The van der Waals surface area contributed by atoms with Crippen molar-refractivity contribution in [3.05, 3.63) is 60.2 Å². The summed E-state index contributed by atoms with van der Waals surface area (Å²) in [5, 5.41) is 4.32. The largest absolute Gasteiger partial charge is 0.426 e. The Bertz CT molecular complexity index is 897. The summed E-state index contributed by atoms with van der Waals surface area (Å²) >= 11 is 6.12. The van der Waals surface area contributed by atoms with E-state index in [9.17, 15) is 4.79 Å². The second kappa shape index (κ2) is 5.82. The Morgan fingerprint density at radius 1 is 1.18 bits per heavy atom. The number of carbonyl (C=O) groups excluding carboxylic acids is 1. The molecule has 0 heterocycles. The number of esters is 1. The lowest BCUT2D eigenvalue weighted by molar-refractivity contribution is -0.131. The highest BCUT2D eigenvalue weighted by atomic mass is 35.5. The van der Waals surface area contributed by atoms with E-state index in [-0.39, 0.29) is 11.8 Å².